The summed E-state index contributed by atoms with van der Waals surface area (Å²) in [6.07, 6.45) is 0. The van der Waals surface area contributed by atoms with Crippen molar-refractivity contribution in [2.24, 2.45) is 5.41 Å². The zero-order valence-electron chi connectivity index (χ0n) is 10.3. The van der Waals surface area contributed by atoms with E-state index in [0.29, 0.717) is 6.54 Å². The van der Waals surface area contributed by atoms with Gasteiger partial charge in [-0.3, -0.25) is 4.79 Å². The highest BCUT2D eigenvalue weighted by atomic mass is 32.1. The van der Waals surface area contributed by atoms with Gasteiger partial charge in [0.05, 0.1) is 5.41 Å². The molecular formula is C12H20N2OS. The SMILES string of the molecule is CNC(=O)C(C)(C)CNC(C)c1ccsc1. The second-order valence-electron chi connectivity index (χ2n) is 4.62. The smallest absolute Gasteiger partial charge is 0.226 e. The molecule has 0 aromatic carbocycles. The molecule has 16 heavy (non-hydrogen) atoms. The molecule has 0 spiro atoms. The Kier molecular flexibility index (Phi) is 4.50. The van der Waals surface area contributed by atoms with E-state index in [0.717, 1.165) is 0 Å². The summed E-state index contributed by atoms with van der Waals surface area (Å²) in [5, 5.41) is 10.3. The van der Waals surface area contributed by atoms with Crippen LogP contribution in [0, 0.1) is 5.41 Å². The molecule has 1 amide bonds. The summed E-state index contributed by atoms with van der Waals surface area (Å²) in [5.74, 6) is 0.0671. The molecule has 0 saturated carbocycles. The lowest BCUT2D eigenvalue weighted by Gasteiger charge is -2.25. The second-order valence-corrected chi connectivity index (χ2v) is 5.40. The first-order valence-corrected chi connectivity index (χ1v) is 6.39. The standard InChI is InChI=1S/C12H20N2OS/c1-9(10-5-6-16-7-10)14-8-12(2,3)11(15)13-4/h5-7,9,14H,8H2,1-4H3,(H,13,15). The zero-order chi connectivity index (χ0) is 12.2. The molecule has 90 valence electrons. The van der Waals surface area contributed by atoms with Crippen molar-refractivity contribution in [2.75, 3.05) is 13.6 Å². The molecule has 0 aliphatic carbocycles. The van der Waals surface area contributed by atoms with E-state index in [1.807, 2.05) is 13.8 Å². The van der Waals surface area contributed by atoms with Crippen molar-refractivity contribution in [3.05, 3.63) is 22.4 Å². The summed E-state index contributed by atoms with van der Waals surface area (Å²) >= 11 is 1.69. The Labute approximate surface area is 101 Å². The van der Waals surface area contributed by atoms with Crippen LogP contribution in [0.25, 0.3) is 0 Å². The first kappa shape index (κ1) is 13.2. The van der Waals surface area contributed by atoms with Crippen molar-refractivity contribution in [3.8, 4) is 0 Å². The van der Waals surface area contributed by atoms with Crippen molar-refractivity contribution in [2.45, 2.75) is 26.8 Å². The maximum absolute atomic E-state index is 11.6. The molecule has 1 heterocycles. The van der Waals surface area contributed by atoms with Crippen LogP contribution in [0.15, 0.2) is 16.8 Å². The van der Waals surface area contributed by atoms with Crippen molar-refractivity contribution < 1.29 is 4.79 Å². The van der Waals surface area contributed by atoms with Gasteiger partial charge in [0.1, 0.15) is 0 Å². The van der Waals surface area contributed by atoms with Crippen LogP contribution in [0.4, 0.5) is 0 Å². The number of amides is 1. The molecular weight excluding hydrogens is 220 g/mol. The molecule has 0 radical (unpaired) electrons. The van der Waals surface area contributed by atoms with Gasteiger partial charge in [0, 0.05) is 19.6 Å². The number of carbonyl (C=O) groups excluding carboxylic acids is 1. The van der Waals surface area contributed by atoms with Gasteiger partial charge < -0.3 is 10.6 Å². The Hall–Kier alpha value is -0.870. The predicted octanol–water partition coefficient (Wildman–Crippen LogP) is 2.17. The van der Waals surface area contributed by atoms with Crippen LogP contribution >= 0.6 is 11.3 Å². The van der Waals surface area contributed by atoms with Gasteiger partial charge in [-0.05, 0) is 43.2 Å². The van der Waals surface area contributed by atoms with E-state index in [4.69, 9.17) is 0 Å². The number of carbonyl (C=O) groups is 1. The molecule has 0 aliphatic rings. The summed E-state index contributed by atoms with van der Waals surface area (Å²) in [6, 6.07) is 2.39. The Balaban J connectivity index is 2.48. The van der Waals surface area contributed by atoms with E-state index in [1.54, 1.807) is 18.4 Å². The maximum Gasteiger partial charge on any atom is 0.226 e. The van der Waals surface area contributed by atoms with Crippen LogP contribution in [0.3, 0.4) is 0 Å². The largest absolute Gasteiger partial charge is 0.359 e. The lowest BCUT2D eigenvalue weighted by Crippen LogP contribution is -2.42. The fourth-order valence-corrected chi connectivity index (χ4v) is 2.22. The lowest BCUT2D eigenvalue weighted by molar-refractivity contribution is -0.128. The molecule has 2 N–H and O–H groups in total. The molecule has 1 unspecified atom stereocenters. The third kappa shape index (κ3) is 3.32. The Morgan fingerprint density at radius 2 is 2.25 bits per heavy atom. The summed E-state index contributed by atoms with van der Waals surface area (Å²) in [6.45, 7) is 6.67. The van der Waals surface area contributed by atoms with Crippen molar-refractivity contribution in [1.29, 1.82) is 0 Å². The number of hydrogen-bond acceptors (Lipinski definition) is 3. The third-order valence-corrected chi connectivity index (χ3v) is 3.44. The van der Waals surface area contributed by atoms with Gasteiger partial charge in [-0.1, -0.05) is 0 Å². The number of rotatable bonds is 5. The van der Waals surface area contributed by atoms with Gasteiger partial charge in [0.15, 0.2) is 0 Å². The Morgan fingerprint density at radius 1 is 1.56 bits per heavy atom. The first-order chi connectivity index (χ1) is 7.47. The molecule has 4 heteroatoms. The number of hydrogen-bond donors (Lipinski definition) is 2. The molecule has 1 rings (SSSR count). The summed E-state index contributed by atoms with van der Waals surface area (Å²) in [7, 11) is 1.67. The molecule has 1 aromatic rings. The van der Waals surface area contributed by atoms with Crippen LogP contribution in [0.1, 0.15) is 32.4 Å². The van der Waals surface area contributed by atoms with Gasteiger partial charge >= 0.3 is 0 Å². The molecule has 3 nitrogen and oxygen atoms in total. The summed E-state index contributed by atoms with van der Waals surface area (Å²) < 4.78 is 0. The maximum atomic E-state index is 11.6. The zero-order valence-corrected chi connectivity index (χ0v) is 11.1. The number of thiophene rings is 1. The Morgan fingerprint density at radius 3 is 2.75 bits per heavy atom. The molecule has 0 saturated heterocycles. The highest BCUT2D eigenvalue weighted by Gasteiger charge is 2.26. The van der Waals surface area contributed by atoms with E-state index < -0.39 is 0 Å². The average Bonchev–Trinajstić information content (AvgIpc) is 2.78. The van der Waals surface area contributed by atoms with Crippen molar-refractivity contribution in [3.63, 3.8) is 0 Å². The van der Waals surface area contributed by atoms with Gasteiger partial charge in [-0.25, -0.2) is 0 Å². The topological polar surface area (TPSA) is 41.1 Å². The normalized spacial score (nSPS) is 13.5. The summed E-state index contributed by atoms with van der Waals surface area (Å²) in [5.41, 5.74) is 0.900. The Bertz CT molecular complexity index is 333. The monoisotopic (exact) mass is 240 g/mol. The van der Waals surface area contributed by atoms with Crippen LogP contribution in [0.2, 0.25) is 0 Å². The highest BCUT2D eigenvalue weighted by molar-refractivity contribution is 7.07. The second kappa shape index (κ2) is 5.46. The van der Waals surface area contributed by atoms with Crippen LogP contribution in [0.5, 0.6) is 0 Å². The van der Waals surface area contributed by atoms with Crippen LogP contribution in [-0.2, 0) is 4.79 Å². The van der Waals surface area contributed by atoms with E-state index in [2.05, 4.69) is 34.4 Å². The van der Waals surface area contributed by atoms with Crippen LogP contribution < -0.4 is 10.6 Å². The molecule has 0 fully saturated rings. The molecule has 1 atom stereocenters. The van der Waals surface area contributed by atoms with E-state index in [1.165, 1.54) is 5.56 Å². The van der Waals surface area contributed by atoms with E-state index in [-0.39, 0.29) is 17.4 Å². The summed E-state index contributed by atoms with van der Waals surface area (Å²) in [4.78, 5) is 11.6. The fraction of sp³-hybridized carbons (Fsp3) is 0.583. The van der Waals surface area contributed by atoms with E-state index in [9.17, 15) is 4.79 Å². The van der Waals surface area contributed by atoms with Gasteiger partial charge in [-0.2, -0.15) is 11.3 Å². The van der Waals surface area contributed by atoms with Gasteiger partial charge in [0.2, 0.25) is 5.91 Å². The van der Waals surface area contributed by atoms with Crippen LogP contribution in [-0.4, -0.2) is 19.5 Å². The first-order valence-electron chi connectivity index (χ1n) is 5.45. The average molecular weight is 240 g/mol. The fourth-order valence-electron chi connectivity index (χ4n) is 1.47. The molecule has 0 bridgehead atoms. The highest BCUT2D eigenvalue weighted by Crippen LogP contribution is 2.19. The minimum absolute atomic E-state index is 0.0671. The quantitative estimate of drug-likeness (QED) is 0.828. The van der Waals surface area contributed by atoms with Gasteiger partial charge in [-0.15, -0.1) is 0 Å². The lowest BCUT2D eigenvalue weighted by atomic mass is 9.92. The molecule has 0 aliphatic heterocycles. The van der Waals surface area contributed by atoms with Crippen molar-refractivity contribution in [1.82, 2.24) is 10.6 Å². The predicted molar refractivity (Wildman–Crippen MR) is 68.6 cm³/mol. The van der Waals surface area contributed by atoms with Gasteiger partial charge in [0.25, 0.3) is 0 Å². The minimum Gasteiger partial charge on any atom is -0.359 e. The third-order valence-electron chi connectivity index (χ3n) is 2.74. The number of nitrogens with one attached hydrogen (secondary N) is 2. The van der Waals surface area contributed by atoms with E-state index >= 15 is 0 Å². The van der Waals surface area contributed by atoms with Crippen molar-refractivity contribution >= 4 is 17.2 Å². The minimum atomic E-state index is -0.376. The molecule has 1 aromatic heterocycles.